The van der Waals surface area contributed by atoms with Crippen LogP contribution >= 0.6 is 0 Å². The van der Waals surface area contributed by atoms with E-state index in [2.05, 4.69) is 27.7 Å². The van der Waals surface area contributed by atoms with Crippen molar-refractivity contribution in [1.82, 2.24) is 0 Å². The first-order chi connectivity index (χ1) is 13.2. The Bertz CT molecular complexity index is 269. The molecule has 0 rings (SSSR count). The summed E-state index contributed by atoms with van der Waals surface area (Å²) in [6.07, 6.45) is 32.0. The van der Waals surface area contributed by atoms with Crippen LogP contribution in [0.25, 0.3) is 0 Å². The highest BCUT2D eigenvalue weighted by atomic mass is 14.3. The monoisotopic (exact) mass is 380 g/mol. The van der Waals surface area contributed by atoms with Crippen LogP contribution in [-0.2, 0) is 0 Å². The molecule has 0 aromatic heterocycles. The van der Waals surface area contributed by atoms with Gasteiger partial charge < -0.3 is 0 Å². The first-order valence-corrected chi connectivity index (χ1v) is 13.2. The molecule has 0 amide bonds. The van der Waals surface area contributed by atoms with E-state index >= 15 is 0 Å². The standard InChI is InChI=1S/C27H56/c1-5-8-11-14-16-18-20-23-26-27(4,24-21-13-10-7-3)25-22-19-17-15-12-9-6-2/h5-26H2,1-4H3. The molecule has 27 heavy (non-hydrogen) atoms. The number of hydrogen-bond donors (Lipinski definition) is 0. The van der Waals surface area contributed by atoms with Crippen LogP contribution in [0.5, 0.6) is 0 Å². The van der Waals surface area contributed by atoms with E-state index in [0.29, 0.717) is 5.41 Å². The summed E-state index contributed by atoms with van der Waals surface area (Å²) >= 11 is 0. The zero-order valence-corrected chi connectivity index (χ0v) is 20.1. The summed E-state index contributed by atoms with van der Waals surface area (Å²) in [5, 5.41) is 0. The molecule has 0 bridgehead atoms. The Labute approximate surface area is 174 Å². The molecule has 0 aliphatic rings. The summed E-state index contributed by atoms with van der Waals surface area (Å²) in [7, 11) is 0. The molecule has 1 unspecified atom stereocenters. The van der Waals surface area contributed by atoms with Gasteiger partial charge >= 0.3 is 0 Å². The van der Waals surface area contributed by atoms with E-state index in [1.54, 1.807) is 0 Å². The quantitative estimate of drug-likeness (QED) is 0.164. The summed E-state index contributed by atoms with van der Waals surface area (Å²) in [5.74, 6) is 0. The minimum Gasteiger partial charge on any atom is -0.0654 e. The van der Waals surface area contributed by atoms with Crippen molar-refractivity contribution in [3.8, 4) is 0 Å². The molecule has 0 fully saturated rings. The molecule has 0 nitrogen and oxygen atoms in total. The van der Waals surface area contributed by atoms with E-state index < -0.39 is 0 Å². The summed E-state index contributed by atoms with van der Waals surface area (Å²) in [5.41, 5.74) is 0.638. The third-order valence-corrected chi connectivity index (χ3v) is 6.65. The van der Waals surface area contributed by atoms with Crippen molar-refractivity contribution in [1.29, 1.82) is 0 Å². The molecule has 0 saturated carbocycles. The zero-order valence-electron chi connectivity index (χ0n) is 20.1. The van der Waals surface area contributed by atoms with Gasteiger partial charge in [0.2, 0.25) is 0 Å². The number of hydrogen-bond acceptors (Lipinski definition) is 0. The maximum atomic E-state index is 2.62. The third kappa shape index (κ3) is 19.1. The summed E-state index contributed by atoms with van der Waals surface area (Å²) in [6, 6.07) is 0. The van der Waals surface area contributed by atoms with Gasteiger partial charge in [-0.15, -0.1) is 0 Å². The second kappa shape index (κ2) is 20.7. The Morgan fingerprint density at radius 1 is 0.333 bits per heavy atom. The lowest BCUT2D eigenvalue weighted by molar-refractivity contribution is 0.222. The summed E-state index contributed by atoms with van der Waals surface area (Å²) in [4.78, 5) is 0. The predicted octanol–water partition coefficient (Wildman–Crippen LogP) is 10.6. The van der Waals surface area contributed by atoms with Gasteiger partial charge in [0, 0.05) is 0 Å². The van der Waals surface area contributed by atoms with Crippen LogP contribution in [-0.4, -0.2) is 0 Å². The van der Waals surface area contributed by atoms with Crippen molar-refractivity contribution in [2.45, 2.75) is 169 Å². The fourth-order valence-corrected chi connectivity index (χ4v) is 4.55. The van der Waals surface area contributed by atoms with Crippen molar-refractivity contribution in [2.24, 2.45) is 5.41 Å². The predicted molar refractivity (Wildman–Crippen MR) is 127 cm³/mol. The minimum atomic E-state index is 0.638. The fourth-order valence-electron chi connectivity index (χ4n) is 4.55. The maximum absolute atomic E-state index is 2.62. The van der Waals surface area contributed by atoms with Gasteiger partial charge in [-0.2, -0.15) is 0 Å². The lowest BCUT2D eigenvalue weighted by Crippen LogP contribution is -2.16. The number of rotatable bonds is 22. The van der Waals surface area contributed by atoms with Gasteiger partial charge in [0.25, 0.3) is 0 Å². The second-order valence-electron chi connectivity index (χ2n) is 9.72. The van der Waals surface area contributed by atoms with Gasteiger partial charge in [-0.25, -0.2) is 0 Å². The molecule has 0 N–H and O–H groups in total. The topological polar surface area (TPSA) is 0 Å². The summed E-state index contributed by atoms with van der Waals surface area (Å²) < 4.78 is 0. The van der Waals surface area contributed by atoms with Gasteiger partial charge in [0.05, 0.1) is 0 Å². The van der Waals surface area contributed by atoms with Crippen molar-refractivity contribution in [2.75, 3.05) is 0 Å². The Balaban J connectivity index is 3.95. The van der Waals surface area contributed by atoms with Crippen molar-refractivity contribution >= 4 is 0 Å². The van der Waals surface area contributed by atoms with E-state index in [9.17, 15) is 0 Å². The molecule has 164 valence electrons. The maximum Gasteiger partial charge on any atom is -0.0326 e. The van der Waals surface area contributed by atoms with Crippen LogP contribution in [0.1, 0.15) is 169 Å². The fraction of sp³-hybridized carbons (Fsp3) is 1.00. The van der Waals surface area contributed by atoms with E-state index in [4.69, 9.17) is 0 Å². The molecule has 0 aliphatic heterocycles. The average molecular weight is 381 g/mol. The minimum absolute atomic E-state index is 0.638. The molecule has 0 aromatic rings. The van der Waals surface area contributed by atoms with Crippen LogP contribution in [0.2, 0.25) is 0 Å². The van der Waals surface area contributed by atoms with E-state index in [0.717, 1.165) is 0 Å². The normalized spacial score (nSPS) is 13.8. The molecular formula is C27H56. The zero-order chi connectivity index (χ0) is 20.1. The highest BCUT2D eigenvalue weighted by Gasteiger charge is 2.22. The second-order valence-corrected chi connectivity index (χ2v) is 9.72. The number of unbranched alkanes of at least 4 members (excludes halogenated alkanes) is 16. The molecule has 0 aromatic carbocycles. The highest BCUT2D eigenvalue weighted by Crippen LogP contribution is 2.36. The third-order valence-electron chi connectivity index (χ3n) is 6.65. The van der Waals surface area contributed by atoms with Gasteiger partial charge in [-0.05, 0) is 24.7 Å². The smallest absolute Gasteiger partial charge is 0.0326 e. The van der Waals surface area contributed by atoms with E-state index in [1.807, 2.05) is 0 Å². The van der Waals surface area contributed by atoms with Crippen LogP contribution in [0.3, 0.4) is 0 Å². The first kappa shape index (κ1) is 27.0. The molecule has 0 radical (unpaired) electrons. The largest absolute Gasteiger partial charge is 0.0654 e. The van der Waals surface area contributed by atoms with Gasteiger partial charge in [0.1, 0.15) is 0 Å². The van der Waals surface area contributed by atoms with Crippen molar-refractivity contribution in [3.05, 3.63) is 0 Å². The van der Waals surface area contributed by atoms with Crippen LogP contribution < -0.4 is 0 Å². The van der Waals surface area contributed by atoms with Gasteiger partial charge in [-0.1, -0.05) is 150 Å². The lowest BCUT2D eigenvalue weighted by Gasteiger charge is -2.30. The molecular weight excluding hydrogens is 324 g/mol. The molecule has 0 heteroatoms. The van der Waals surface area contributed by atoms with Crippen LogP contribution in [0, 0.1) is 5.41 Å². The molecule has 0 spiro atoms. The molecule has 0 heterocycles. The lowest BCUT2D eigenvalue weighted by atomic mass is 9.75. The Morgan fingerprint density at radius 3 is 0.852 bits per heavy atom. The van der Waals surface area contributed by atoms with Crippen molar-refractivity contribution < 1.29 is 0 Å². The molecule has 0 aliphatic carbocycles. The Hall–Kier alpha value is 0. The molecule has 1 atom stereocenters. The van der Waals surface area contributed by atoms with Gasteiger partial charge in [-0.3, -0.25) is 0 Å². The van der Waals surface area contributed by atoms with E-state index in [1.165, 1.54) is 141 Å². The Morgan fingerprint density at radius 2 is 0.556 bits per heavy atom. The summed E-state index contributed by atoms with van der Waals surface area (Å²) in [6.45, 7) is 9.58. The average Bonchev–Trinajstić information content (AvgIpc) is 2.67. The van der Waals surface area contributed by atoms with Crippen LogP contribution in [0.15, 0.2) is 0 Å². The Kier molecular flexibility index (Phi) is 20.7. The van der Waals surface area contributed by atoms with E-state index in [-0.39, 0.29) is 0 Å². The van der Waals surface area contributed by atoms with Gasteiger partial charge in [0.15, 0.2) is 0 Å². The first-order valence-electron chi connectivity index (χ1n) is 13.2. The van der Waals surface area contributed by atoms with Crippen molar-refractivity contribution in [3.63, 3.8) is 0 Å². The highest BCUT2D eigenvalue weighted by molar-refractivity contribution is 4.75. The van der Waals surface area contributed by atoms with Crippen LogP contribution in [0.4, 0.5) is 0 Å². The molecule has 0 saturated heterocycles. The SMILES string of the molecule is CCCCCCCCCCC(C)(CCCCCC)CCCCCCCCC.